The van der Waals surface area contributed by atoms with Gasteiger partial charge in [0, 0.05) is 5.56 Å². The molecule has 0 heterocycles. The summed E-state index contributed by atoms with van der Waals surface area (Å²) >= 11 is 0. The molecule has 140 valence electrons. The molecule has 0 unspecified atom stereocenters. The zero-order valence-corrected chi connectivity index (χ0v) is 15.7. The van der Waals surface area contributed by atoms with E-state index >= 15 is 0 Å². The van der Waals surface area contributed by atoms with E-state index in [1.165, 1.54) is 6.08 Å². The van der Waals surface area contributed by atoms with Crippen LogP contribution in [-0.4, -0.2) is 18.9 Å². The molecule has 0 radical (unpaired) electrons. The molecule has 0 N–H and O–H groups in total. The molecular formula is C24H20O4. The van der Waals surface area contributed by atoms with Gasteiger partial charge in [-0.3, -0.25) is 4.79 Å². The Bertz CT molecular complexity index is 1020. The molecule has 0 spiro atoms. The van der Waals surface area contributed by atoms with Crippen LogP contribution in [0.2, 0.25) is 0 Å². The third kappa shape index (κ3) is 4.74. The Hall–Kier alpha value is -3.66. The van der Waals surface area contributed by atoms with Crippen LogP contribution in [0, 0.1) is 6.92 Å². The van der Waals surface area contributed by atoms with E-state index in [0.717, 1.165) is 11.1 Å². The number of ether oxygens (including phenoxy) is 2. The van der Waals surface area contributed by atoms with Gasteiger partial charge in [-0.1, -0.05) is 36.4 Å². The maximum absolute atomic E-state index is 12.3. The number of rotatable bonds is 6. The van der Waals surface area contributed by atoms with Gasteiger partial charge in [-0.2, -0.15) is 0 Å². The van der Waals surface area contributed by atoms with Gasteiger partial charge >= 0.3 is 5.97 Å². The molecule has 0 saturated carbocycles. The van der Waals surface area contributed by atoms with E-state index in [2.05, 4.69) is 0 Å². The summed E-state index contributed by atoms with van der Waals surface area (Å²) in [6, 6.07) is 21.2. The fourth-order valence-electron chi connectivity index (χ4n) is 2.67. The van der Waals surface area contributed by atoms with E-state index in [0.29, 0.717) is 22.6 Å². The minimum absolute atomic E-state index is 0.120. The van der Waals surface area contributed by atoms with Gasteiger partial charge in [0.1, 0.15) is 11.5 Å². The number of allylic oxidation sites excluding steroid dienone is 1. The highest BCUT2D eigenvalue weighted by molar-refractivity contribution is 6.06. The lowest BCUT2D eigenvalue weighted by Crippen LogP contribution is -2.10. The van der Waals surface area contributed by atoms with Crippen molar-refractivity contribution in [3.05, 3.63) is 101 Å². The Morgan fingerprint density at radius 3 is 2.32 bits per heavy atom. The molecule has 3 rings (SSSR count). The summed E-state index contributed by atoms with van der Waals surface area (Å²) in [5.74, 6) is 0.592. The number of carbonyl (C=O) groups excluding carboxylic acids is 2. The van der Waals surface area contributed by atoms with Crippen molar-refractivity contribution in [3.63, 3.8) is 0 Å². The maximum atomic E-state index is 12.3. The highest BCUT2D eigenvalue weighted by Crippen LogP contribution is 2.18. The first-order chi connectivity index (χ1) is 13.6. The second-order valence-corrected chi connectivity index (χ2v) is 6.20. The molecular weight excluding hydrogens is 352 g/mol. The monoisotopic (exact) mass is 372 g/mol. The van der Waals surface area contributed by atoms with Gasteiger partial charge in [0.15, 0.2) is 5.78 Å². The van der Waals surface area contributed by atoms with E-state index in [9.17, 15) is 9.59 Å². The number of carbonyl (C=O) groups is 2. The van der Waals surface area contributed by atoms with E-state index in [1.54, 1.807) is 67.8 Å². The van der Waals surface area contributed by atoms with Crippen molar-refractivity contribution in [1.82, 2.24) is 0 Å². The van der Waals surface area contributed by atoms with Crippen LogP contribution in [-0.2, 0) is 0 Å². The molecule has 0 aromatic heterocycles. The topological polar surface area (TPSA) is 52.6 Å². The predicted octanol–water partition coefficient (Wildman–Crippen LogP) is 5.12. The molecule has 0 aliphatic carbocycles. The average molecular weight is 372 g/mol. The van der Waals surface area contributed by atoms with Crippen molar-refractivity contribution < 1.29 is 19.1 Å². The van der Waals surface area contributed by atoms with Crippen molar-refractivity contribution in [2.75, 3.05) is 7.11 Å². The standard InChI is InChI=1S/C24H20O4/c1-17-6-3-4-9-22(17)24(26)28-21-8-5-7-18(16-21)10-15-23(25)19-11-13-20(27-2)14-12-19/h3-16H,1-2H3. The average Bonchev–Trinajstić information content (AvgIpc) is 2.72. The molecule has 0 bridgehead atoms. The van der Waals surface area contributed by atoms with E-state index in [-0.39, 0.29) is 5.78 Å². The Morgan fingerprint density at radius 2 is 1.61 bits per heavy atom. The van der Waals surface area contributed by atoms with Gasteiger partial charge < -0.3 is 9.47 Å². The van der Waals surface area contributed by atoms with E-state index in [1.807, 2.05) is 25.1 Å². The van der Waals surface area contributed by atoms with Crippen LogP contribution in [0.5, 0.6) is 11.5 Å². The number of ketones is 1. The van der Waals surface area contributed by atoms with Crippen LogP contribution in [0.4, 0.5) is 0 Å². The van der Waals surface area contributed by atoms with Gasteiger partial charge in [-0.05, 0) is 66.6 Å². The minimum atomic E-state index is -0.409. The highest BCUT2D eigenvalue weighted by Gasteiger charge is 2.11. The minimum Gasteiger partial charge on any atom is -0.497 e. The second-order valence-electron chi connectivity index (χ2n) is 6.20. The molecule has 0 aliphatic rings. The Morgan fingerprint density at radius 1 is 0.857 bits per heavy atom. The van der Waals surface area contributed by atoms with Gasteiger partial charge in [0.25, 0.3) is 0 Å². The van der Waals surface area contributed by atoms with E-state index in [4.69, 9.17) is 9.47 Å². The summed E-state index contributed by atoms with van der Waals surface area (Å²) in [6.45, 7) is 1.86. The van der Waals surface area contributed by atoms with Crippen LogP contribution in [0.3, 0.4) is 0 Å². The number of benzene rings is 3. The number of esters is 1. The van der Waals surface area contributed by atoms with Crippen LogP contribution in [0.15, 0.2) is 78.9 Å². The fraction of sp³-hybridized carbons (Fsp3) is 0.0833. The number of aryl methyl sites for hydroxylation is 1. The highest BCUT2D eigenvalue weighted by atomic mass is 16.5. The maximum Gasteiger partial charge on any atom is 0.343 e. The van der Waals surface area contributed by atoms with Gasteiger partial charge in [-0.15, -0.1) is 0 Å². The number of hydrogen-bond donors (Lipinski definition) is 0. The zero-order valence-electron chi connectivity index (χ0n) is 15.7. The molecule has 0 atom stereocenters. The fourth-order valence-corrected chi connectivity index (χ4v) is 2.67. The Labute approximate surface area is 164 Å². The van der Waals surface area contributed by atoms with Crippen molar-refractivity contribution in [3.8, 4) is 11.5 Å². The molecule has 0 aliphatic heterocycles. The van der Waals surface area contributed by atoms with Gasteiger partial charge in [0.2, 0.25) is 0 Å². The first-order valence-corrected chi connectivity index (χ1v) is 8.81. The lowest BCUT2D eigenvalue weighted by Gasteiger charge is -2.07. The molecule has 4 heteroatoms. The number of hydrogen-bond acceptors (Lipinski definition) is 4. The lowest BCUT2D eigenvalue weighted by molar-refractivity contribution is 0.0733. The Kier molecular flexibility index (Phi) is 6.02. The first-order valence-electron chi connectivity index (χ1n) is 8.81. The molecule has 28 heavy (non-hydrogen) atoms. The van der Waals surface area contributed by atoms with Crippen molar-refractivity contribution >= 4 is 17.8 Å². The second kappa shape index (κ2) is 8.82. The van der Waals surface area contributed by atoms with Crippen LogP contribution < -0.4 is 9.47 Å². The van der Waals surface area contributed by atoms with Crippen LogP contribution >= 0.6 is 0 Å². The summed E-state index contributed by atoms with van der Waals surface area (Å²) in [4.78, 5) is 24.6. The zero-order chi connectivity index (χ0) is 19.9. The largest absolute Gasteiger partial charge is 0.497 e. The van der Waals surface area contributed by atoms with E-state index < -0.39 is 5.97 Å². The first kappa shape index (κ1) is 19.1. The summed E-state index contributed by atoms with van der Waals surface area (Å²) in [7, 11) is 1.58. The third-order valence-electron chi connectivity index (χ3n) is 4.24. The normalized spacial score (nSPS) is 10.6. The quantitative estimate of drug-likeness (QED) is 0.261. The summed E-state index contributed by atoms with van der Waals surface area (Å²) in [5.41, 5.74) is 2.71. The molecule has 4 nitrogen and oxygen atoms in total. The van der Waals surface area contributed by atoms with Crippen molar-refractivity contribution in [1.29, 1.82) is 0 Å². The molecule has 0 saturated heterocycles. The lowest BCUT2D eigenvalue weighted by atomic mass is 10.1. The predicted molar refractivity (Wildman–Crippen MR) is 109 cm³/mol. The smallest absolute Gasteiger partial charge is 0.343 e. The van der Waals surface area contributed by atoms with Gasteiger partial charge in [-0.25, -0.2) is 4.79 Å². The summed E-state index contributed by atoms with van der Waals surface area (Å²) in [5, 5.41) is 0. The van der Waals surface area contributed by atoms with Crippen LogP contribution in [0.25, 0.3) is 6.08 Å². The molecule has 0 amide bonds. The third-order valence-corrected chi connectivity index (χ3v) is 4.24. The molecule has 3 aromatic rings. The SMILES string of the molecule is COc1ccc(C(=O)C=Cc2cccc(OC(=O)c3ccccc3C)c2)cc1. The molecule has 3 aromatic carbocycles. The summed E-state index contributed by atoms with van der Waals surface area (Å²) in [6.07, 6.45) is 3.18. The summed E-state index contributed by atoms with van der Waals surface area (Å²) < 4.78 is 10.6. The van der Waals surface area contributed by atoms with Gasteiger partial charge in [0.05, 0.1) is 12.7 Å². The number of methoxy groups -OCH3 is 1. The van der Waals surface area contributed by atoms with Crippen molar-refractivity contribution in [2.24, 2.45) is 0 Å². The molecule has 0 fully saturated rings. The van der Waals surface area contributed by atoms with Crippen molar-refractivity contribution in [2.45, 2.75) is 6.92 Å². The van der Waals surface area contributed by atoms with Crippen LogP contribution in [0.1, 0.15) is 31.8 Å². The Balaban J connectivity index is 1.70.